The molecule has 0 spiro atoms. The van der Waals surface area contributed by atoms with Crippen molar-refractivity contribution in [2.45, 2.75) is 13.3 Å². The van der Waals surface area contributed by atoms with Crippen molar-refractivity contribution in [3.05, 3.63) is 57.2 Å². The Labute approximate surface area is 133 Å². The highest BCUT2D eigenvalue weighted by Crippen LogP contribution is 2.21. The van der Waals surface area contributed by atoms with Crippen LogP contribution in [0.5, 0.6) is 11.5 Å². The number of aromatic nitrogens is 1. The Morgan fingerprint density at radius 3 is 2.52 bits per heavy atom. The van der Waals surface area contributed by atoms with Crippen LogP contribution in [0.25, 0.3) is 19.2 Å². The third-order valence-corrected chi connectivity index (χ3v) is 3.60. The summed E-state index contributed by atoms with van der Waals surface area (Å²) in [5, 5.41) is 30.1. The fraction of sp³-hybridized carbons (Fsp3) is 0.111. The van der Waals surface area contributed by atoms with Crippen LogP contribution in [0.4, 0.5) is 0 Å². The van der Waals surface area contributed by atoms with Gasteiger partial charge in [0.25, 0.3) is 0 Å². The van der Waals surface area contributed by atoms with Crippen LogP contribution in [0.2, 0.25) is 0 Å². The average molecular weight is 311 g/mol. The lowest BCUT2D eigenvalue weighted by atomic mass is 9.97. The second kappa shape index (κ2) is 6.36. The first kappa shape index (κ1) is 16.3. The zero-order valence-electron chi connectivity index (χ0n) is 12.7. The number of carboxylic acids is 1. The molecule has 0 amide bonds. The van der Waals surface area contributed by atoms with Gasteiger partial charge in [0.1, 0.15) is 11.5 Å². The molecule has 0 saturated heterocycles. The number of hydrogen-bond donors (Lipinski definition) is 3. The summed E-state index contributed by atoms with van der Waals surface area (Å²) < 4.78 is 0. The topological polar surface area (TPSA) is 90.7 Å². The Bertz CT molecular complexity index is 886. The van der Waals surface area contributed by atoms with Crippen LogP contribution < -0.4 is 10.4 Å². The second-order valence-electron chi connectivity index (χ2n) is 5.22. The first-order chi connectivity index (χ1) is 10.8. The molecule has 0 fully saturated rings. The van der Waals surface area contributed by atoms with Gasteiger partial charge in [-0.2, -0.15) is 0 Å². The van der Waals surface area contributed by atoms with Crippen molar-refractivity contribution in [1.29, 1.82) is 0 Å². The first-order valence-electron chi connectivity index (χ1n) is 6.88. The van der Waals surface area contributed by atoms with E-state index in [-0.39, 0.29) is 33.1 Å². The number of phenols is 2. The second-order valence-corrected chi connectivity index (χ2v) is 5.22. The molecular formula is C18H17NO4. The third kappa shape index (κ3) is 3.23. The minimum Gasteiger partial charge on any atom is -0.507 e. The molecule has 0 radical (unpaired) electrons. The number of nitrogens with zero attached hydrogens (tertiary/aromatic N) is 1. The molecule has 118 valence electrons. The Balaban J connectivity index is 2.62. The van der Waals surface area contributed by atoms with Crippen molar-refractivity contribution in [2.75, 3.05) is 0 Å². The standard InChI is InChI=1S/C18H17NO4/c1-10(18(22)23)7-14-11(2)17(21)15(12(3)16(14)20)8-13-5-4-6-19-9-13/h4-7,9,20-21H,2-3,8H2,1H3,(H,22,23)/b10-7+. The van der Waals surface area contributed by atoms with Crippen LogP contribution in [-0.4, -0.2) is 26.3 Å². The van der Waals surface area contributed by atoms with Crippen molar-refractivity contribution in [1.82, 2.24) is 4.98 Å². The van der Waals surface area contributed by atoms with E-state index in [0.717, 1.165) is 5.56 Å². The van der Waals surface area contributed by atoms with Gasteiger partial charge in [-0.15, -0.1) is 0 Å². The number of rotatable bonds is 4. The van der Waals surface area contributed by atoms with E-state index in [0.29, 0.717) is 12.0 Å². The predicted molar refractivity (Wildman–Crippen MR) is 88.4 cm³/mol. The predicted octanol–water partition coefficient (Wildman–Crippen LogP) is 1.39. The van der Waals surface area contributed by atoms with Crippen molar-refractivity contribution in [3.63, 3.8) is 0 Å². The summed E-state index contributed by atoms with van der Waals surface area (Å²) in [7, 11) is 0. The van der Waals surface area contributed by atoms with Gasteiger partial charge in [-0.3, -0.25) is 4.98 Å². The molecule has 2 rings (SSSR count). The van der Waals surface area contributed by atoms with Crippen LogP contribution in [0.15, 0.2) is 30.1 Å². The quantitative estimate of drug-likeness (QED) is 0.586. The largest absolute Gasteiger partial charge is 0.507 e. The molecule has 1 heterocycles. The molecule has 0 aliphatic heterocycles. The molecule has 0 unspecified atom stereocenters. The highest BCUT2D eigenvalue weighted by Gasteiger charge is 2.14. The summed E-state index contributed by atoms with van der Waals surface area (Å²) in [6.45, 7) is 8.94. The fourth-order valence-corrected chi connectivity index (χ4v) is 2.23. The maximum absolute atomic E-state index is 10.9. The normalized spacial score (nSPS) is 11.4. The van der Waals surface area contributed by atoms with Gasteiger partial charge in [0.15, 0.2) is 0 Å². The summed E-state index contributed by atoms with van der Waals surface area (Å²) in [5.41, 5.74) is 1.45. The molecule has 1 aromatic heterocycles. The molecule has 5 heteroatoms. The smallest absolute Gasteiger partial charge is 0.331 e. The highest BCUT2D eigenvalue weighted by molar-refractivity contribution is 5.92. The van der Waals surface area contributed by atoms with Gasteiger partial charge in [-0.05, 0) is 24.6 Å². The zero-order chi connectivity index (χ0) is 17.1. The number of carboxylic acid groups (broad SMARTS) is 1. The fourth-order valence-electron chi connectivity index (χ4n) is 2.23. The minimum absolute atomic E-state index is 0.0176. The Morgan fingerprint density at radius 1 is 1.26 bits per heavy atom. The van der Waals surface area contributed by atoms with Gasteiger partial charge >= 0.3 is 5.97 Å². The van der Waals surface area contributed by atoms with E-state index in [9.17, 15) is 15.0 Å². The van der Waals surface area contributed by atoms with Gasteiger partial charge in [-0.25, -0.2) is 4.79 Å². The number of hydrogen-bond acceptors (Lipinski definition) is 4. The molecule has 0 atom stereocenters. The molecule has 3 N–H and O–H groups in total. The van der Waals surface area contributed by atoms with E-state index in [4.69, 9.17) is 5.11 Å². The van der Waals surface area contributed by atoms with Crippen molar-refractivity contribution in [3.8, 4) is 11.5 Å². The van der Waals surface area contributed by atoms with Crippen molar-refractivity contribution in [2.24, 2.45) is 0 Å². The molecule has 2 aromatic rings. The van der Waals surface area contributed by atoms with Gasteiger partial charge in [-0.1, -0.05) is 19.2 Å². The number of pyridine rings is 1. The molecule has 0 aliphatic carbocycles. The lowest BCUT2D eigenvalue weighted by molar-refractivity contribution is -0.132. The van der Waals surface area contributed by atoms with E-state index in [2.05, 4.69) is 18.1 Å². The van der Waals surface area contributed by atoms with Crippen molar-refractivity contribution >= 4 is 25.2 Å². The lowest BCUT2D eigenvalue weighted by Gasteiger charge is -2.11. The Morgan fingerprint density at radius 2 is 1.96 bits per heavy atom. The van der Waals surface area contributed by atoms with Gasteiger partial charge < -0.3 is 15.3 Å². The summed E-state index contributed by atoms with van der Waals surface area (Å²) in [5.74, 6) is -1.42. The maximum atomic E-state index is 10.9. The van der Waals surface area contributed by atoms with Gasteiger partial charge in [0.05, 0.1) is 0 Å². The third-order valence-electron chi connectivity index (χ3n) is 3.60. The number of carbonyl (C=O) groups is 1. The average Bonchev–Trinajstić information content (AvgIpc) is 2.54. The van der Waals surface area contributed by atoms with Crippen LogP contribution in [0, 0.1) is 0 Å². The van der Waals surface area contributed by atoms with Crippen molar-refractivity contribution < 1.29 is 20.1 Å². The van der Waals surface area contributed by atoms with Crippen LogP contribution in [0.1, 0.15) is 23.6 Å². The van der Waals surface area contributed by atoms with E-state index in [1.54, 1.807) is 18.5 Å². The molecule has 0 bridgehead atoms. The summed E-state index contributed by atoms with van der Waals surface area (Å²) in [4.78, 5) is 15.0. The van der Waals surface area contributed by atoms with E-state index in [1.807, 2.05) is 6.07 Å². The minimum atomic E-state index is -1.12. The number of aliphatic carboxylic acids is 1. The number of aromatic hydroxyl groups is 2. The Hall–Kier alpha value is -3.08. The Kier molecular flexibility index (Phi) is 4.50. The zero-order valence-corrected chi connectivity index (χ0v) is 12.7. The number of benzene rings is 1. The number of phenolic OH excluding ortho intramolecular Hbond substituents is 2. The van der Waals surface area contributed by atoms with Crippen LogP contribution >= 0.6 is 0 Å². The summed E-state index contributed by atoms with van der Waals surface area (Å²) in [6, 6.07) is 3.61. The summed E-state index contributed by atoms with van der Waals surface area (Å²) in [6.07, 6.45) is 4.89. The van der Waals surface area contributed by atoms with E-state index < -0.39 is 5.97 Å². The molecule has 5 nitrogen and oxygen atoms in total. The molecule has 0 aliphatic rings. The summed E-state index contributed by atoms with van der Waals surface area (Å²) >= 11 is 0. The molecular weight excluding hydrogens is 294 g/mol. The molecule has 23 heavy (non-hydrogen) atoms. The van der Waals surface area contributed by atoms with E-state index >= 15 is 0 Å². The van der Waals surface area contributed by atoms with Gasteiger partial charge in [0.2, 0.25) is 0 Å². The highest BCUT2D eigenvalue weighted by atomic mass is 16.4. The SMILES string of the molecule is C=c1c(O)c(Cc2cccnc2)c(=C)c(O)c1/C=C(\C)C(=O)O. The maximum Gasteiger partial charge on any atom is 0.331 e. The van der Waals surface area contributed by atoms with Crippen LogP contribution in [-0.2, 0) is 11.2 Å². The first-order valence-corrected chi connectivity index (χ1v) is 6.88. The van der Waals surface area contributed by atoms with Crippen LogP contribution in [0.3, 0.4) is 0 Å². The monoisotopic (exact) mass is 311 g/mol. The van der Waals surface area contributed by atoms with E-state index in [1.165, 1.54) is 13.0 Å². The van der Waals surface area contributed by atoms with Gasteiger partial charge in [0, 0.05) is 46.0 Å². The lowest BCUT2D eigenvalue weighted by Crippen LogP contribution is -2.19. The molecule has 1 aromatic carbocycles. The molecule has 0 saturated carbocycles.